The minimum absolute atomic E-state index is 0.108. The van der Waals surface area contributed by atoms with Crippen LogP contribution in [0, 0.1) is 0 Å². The predicted octanol–water partition coefficient (Wildman–Crippen LogP) is 3.79. The Bertz CT molecular complexity index is 878. The molecule has 1 amide bonds. The molecule has 3 heterocycles. The molecule has 7 heteroatoms. The summed E-state index contributed by atoms with van der Waals surface area (Å²) in [5, 5.41) is 2.05. The van der Waals surface area contributed by atoms with Gasteiger partial charge in [0.05, 0.1) is 16.8 Å². The van der Waals surface area contributed by atoms with Crippen LogP contribution in [-0.2, 0) is 5.75 Å². The summed E-state index contributed by atoms with van der Waals surface area (Å²) < 4.78 is 0. The van der Waals surface area contributed by atoms with Gasteiger partial charge < -0.3 is 9.80 Å². The number of carbonyl (C=O) groups excluding carboxylic acids is 1. The van der Waals surface area contributed by atoms with E-state index in [1.807, 2.05) is 64.5 Å². The Morgan fingerprint density at radius 1 is 1.04 bits per heavy atom. The molecule has 0 saturated carbocycles. The molecule has 0 unspecified atom stereocenters. The lowest BCUT2D eigenvalue weighted by molar-refractivity contribution is 0.0743. The summed E-state index contributed by atoms with van der Waals surface area (Å²) >= 11 is 3.27. The van der Waals surface area contributed by atoms with E-state index in [4.69, 9.17) is 0 Å². The highest BCUT2D eigenvalue weighted by Gasteiger charge is 2.24. The zero-order chi connectivity index (χ0) is 18.5. The van der Waals surface area contributed by atoms with Crippen LogP contribution in [0.25, 0.3) is 0 Å². The number of thioether (sulfide) groups is 1. The molecule has 0 aliphatic carbocycles. The van der Waals surface area contributed by atoms with Gasteiger partial charge in [0.15, 0.2) is 0 Å². The fourth-order valence-corrected chi connectivity index (χ4v) is 4.69. The zero-order valence-electron chi connectivity index (χ0n) is 14.8. The topological polar surface area (TPSA) is 49.3 Å². The molecule has 138 valence electrons. The van der Waals surface area contributed by atoms with Crippen LogP contribution in [-0.4, -0.2) is 47.0 Å². The van der Waals surface area contributed by atoms with Crippen LogP contribution in [0.3, 0.4) is 0 Å². The third-order valence-electron chi connectivity index (χ3n) is 4.52. The number of benzene rings is 1. The van der Waals surface area contributed by atoms with Gasteiger partial charge in [-0.25, -0.2) is 9.97 Å². The lowest BCUT2D eigenvalue weighted by Crippen LogP contribution is -2.49. The third kappa shape index (κ3) is 4.31. The second-order valence-electron chi connectivity index (χ2n) is 6.23. The van der Waals surface area contributed by atoms with E-state index in [1.54, 1.807) is 23.1 Å². The van der Waals surface area contributed by atoms with Crippen LogP contribution < -0.4 is 4.90 Å². The number of aromatic nitrogens is 2. The summed E-state index contributed by atoms with van der Waals surface area (Å²) in [7, 11) is 0. The maximum atomic E-state index is 13.1. The number of hydrogen-bond acceptors (Lipinski definition) is 6. The van der Waals surface area contributed by atoms with E-state index in [9.17, 15) is 4.79 Å². The number of carbonyl (C=O) groups is 1. The fourth-order valence-electron chi connectivity index (χ4n) is 3.08. The Labute approximate surface area is 167 Å². The lowest BCUT2D eigenvalue weighted by Gasteiger charge is -2.35. The molecule has 0 bridgehead atoms. The Morgan fingerprint density at radius 3 is 2.59 bits per heavy atom. The number of anilines is 1. The number of thiazole rings is 1. The van der Waals surface area contributed by atoms with Crippen LogP contribution in [0.5, 0.6) is 0 Å². The fraction of sp³-hybridized carbons (Fsp3) is 0.250. The molecule has 0 N–H and O–H groups in total. The van der Waals surface area contributed by atoms with Gasteiger partial charge in [-0.3, -0.25) is 4.79 Å². The van der Waals surface area contributed by atoms with Crippen LogP contribution in [0.1, 0.15) is 16.1 Å². The largest absolute Gasteiger partial charge is 0.353 e. The number of piperazine rings is 1. The molecule has 0 spiro atoms. The van der Waals surface area contributed by atoms with E-state index in [2.05, 4.69) is 14.9 Å². The van der Waals surface area contributed by atoms with Crippen molar-refractivity contribution in [1.82, 2.24) is 14.9 Å². The molecule has 1 aliphatic heterocycles. The predicted molar refractivity (Wildman–Crippen MR) is 110 cm³/mol. The Hall–Kier alpha value is -2.38. The molecular weight excluding hydrogens is 376 g/mol. The molecule has 27 heavy (non-hydrogen) atoms. The number of amides is 1. The first kappa shape index (κ1) is 18.0. The molecule has 1 aromatic carbocycles. The number of hydrogen-bond donors (Lipinski definition) is 0. The maximum absolute atomic E-state index is 13.1. The van der Waals surface area contributed by atoms with Crippen molar-refractivity contribution in [3.05, 3.63) is 70.8 Å². The second-order valence-corrected chi connectivity index (χ2v) is 7.97. The van der Waals surface area contributed by atoms with Crippen LogP contribution in [0.4, 0.5) is 5.82 Å². The van der Waals surface area contributed by atoms with Crippen LogP contribution in [0.2, 0.25) is 0 Å². The molecule has 5 nitrogen and oxygen atoms in total. The summed E-state index contributed by atoms with van der Waals surface area (Å²) in [6.07, 6.45) is 1.81. The van der Waals surface area contributed by atoms with Gasteiger partial charge in [-0.1, -0.05) is 18.2 Å². The van der Waals surface area contributed by atoms with Crippen molar-refractivity contribution < 1.29 is 4.79 Å². The number of nitrogens with zero attached hydrogens (tertiary/aromatic N) is 4. The standard InChI is InChI=1S/C20H20N4OS2/c25-20(24-11-9-23(10-12-24)19-7-3-4-8-21-19)17-5-1-2-6-18(17)27-14-16-13-26-15-22-16/h1-8,13,15H,9-12,14H2. The van der Waals surface area contributed by atoms with E-state index < -0.39 is 0 Å². The van der Waals surface area contributed by atoms with Crippen molar-refractivity contribution >= 4 is 34.8 Å². The smallest absolute Gasteiger partial charge is 0.255 e. The lowest BCUT2D eigenvalue weighted by atomic mass is 10.2. The van der Waals surface area contributed by atoms with E-state index in [0.29, 0.717) is 13.1 Å². The molecule has 0 radical (unpaired) electrons. The highest BCUT2D eigenvalue weighted by Crippen LogP contribution is 2.27. The molecule has 0 atom stereocenters. The van der Waals surface area contributed by atoms with Gasteiger partial charge in [-0.05, 0) is 24.3 Å². The second kappa shape index (κ2) is 8.54. The van der Waals surface area contributed by atoms with E-state index in [-0.39, 0.29) is 5.91 Å². The number of rotatable bonds is 5. The van der Waals surface area contributed by atoms with E-state index in [0.717, 1.165) is 40.8 Å². The molecule has 1 saturated heterocycles. The van der Waals surface area contributed by atoms with Gasteiger partial charge >= 0.3 is 0 Å². The van der Waals surface area contributed by atoms with Crippen molar-refractivity contribution in [1.29, 1.82) is 0 Å². The summed E-state index contributed by atoms with van der Waals surface area (Å²) in [6, 6.07) is 13.8. The van der Waals surface area contributed by atoms with Gasteiger partial charge in [0.2, 0.25) is 0 Å². The molecule has 1 fully saturated rings. The summed E-state index contributed by atoms with van der Waals surface area (Å²) in [5.74, 6) is 1.86. The Balaban J connectivity index is 1.41. The minimum atomic E-state index is 0.108. The maximum Gasteiger partial charge on any atom is 0.255 e. The van der Waals surface area contributed by atoms with Crippen molar-refractivity contribution in [2.45, 2.75) is 10.6 Å². The molecule has 2 aromatic heterocycles. The highest BCUT2D eigenvalue weighted by molar-refractivity contribution is 7.98. The van der Waals surface area contributed by atoms with Gasteiger partial charge in [0.1, 0.15) is 5.82 Å². The molecule has 3 aromatic rings. The first-order chi connectivity index (χ1) is 13.3. The molecular formula is C20H20N4OS2. The molecule has 1 aliphatic rings. The van der Waals surface area contributed by atoms with E-state index in [1.165, 1.54) is 0 Å². The van der Waals surface area contributed by atoms with Gasteiger partial charge in [0.25, 0.3) is 5.91 Å². The average molecular weight is 397 g/mol. The number of pyridine rings is 1. The first-order valence-electron chi connectivity index (χ1n) is 8.85. The van der Waals surface area contributed by atoms with E-state index >= 15 is 0 Å². The quantitative estimate of drug-likeness (QED) is 0.614. The SMILES string of the molecule is O=C(c1ccccc1SCc1cscn1)N1CCN(c2ccccn2)CC1. The highest BCUT2D eigenvalue weighted by atomic mass is 32.2. The van der Waals surface area contributed by atoms with Crippen LogP contribution >= 0.6 is 23.1 Å². The summed E-state index contributed by atoms with van der Waals surface area (Å²) in [5.41, 5.74) is 3.67. The summed E-state index contributed by atoms with van der Waals surface area (Å²) in [4.78, 5) is 27.0. The average Bonchev–Trinajstić information content (AvgIpc) is 3.26. The minimum Gasteiger partial charge on any atom is -0.353 e. The Kier molecular flexibility index (Phi) is 5.69. The normalized spacial score (nSPS) is 14.4. The van der Waals surface area contributed by atoms with Crippen molar-refractivity contribution in [2.24, 2.45) is 0 Å². The van der Waals surface area contributed by atoms with Crippen molar-refractivity contribution in [3.8, 4) is 0 Å². The zero-order valence-corrected chi connectivity index (χ0v) is 16.5. The van der Waals surface area contributed by atoms with Crippen LogP contribution in [0.15, 0.2) is 64.4 Å². The van der Waals surface area contributed by atoms with Gasteiger partial charge in [-0.15, -0.1) is 23.1 Å². The van der Waals surface area contributed by atoms with Gasteiger partial charge in [0, 0.05) is 48.4 Å². The molecule has 4 rings (SSSR count). The van der Waals surface area contributed by atoms with Crippen molar-refractivity contribution in [2.75, 3.05) is 31.1 Å². The first-order valence-corrected chi connectivity index (χ1v) is 10.8. The summed E-state index contributed by atoms with van der Waals surface area (Å²) in [6.45, 7) is 3.02. The monoisotopic (exact) mass is 396 g/mol. The third-order valence-corrected chi connectivity index (χ3v) is 6.26. The Morgan fingerprint density at radius 2 is 1.85 bits per heavy atom. The van der Waals surface area contributed by atoms with Crippen molar-refractivity contribution in [3.63, 3.8) is 0 Å². The van der Waals surface area contributed by atoms with Gasteiger partial charge in [-0.2, -0.15) is 0 Å².